The number of benzene rings is 1. The maximum Gasteiger partial charge on any atom is 0.256 e. The Morgan fingerprint density at radius 3 is 2.50 bits per heavy atom. The van der Waals surface area contributed by atoms with E-state index in [2.05, 4.69) is 27.5 Å². The monoisotopic (exact) mass is 487 g/mol. The van der Waals surface area contributed by atoms with Crippen LogP contribution in [0.2, 0.25) is 0 Å². The van der Waals surface area contributed by atoms with Crippen molar-refractivity contribution in [3.05, 3.63) is 82.2 Å². The average Bonchev–Trinajstić information content (AvgIpc) is 3.41. The van der Waals surface area contributed by atoms with Gasteiger partial charge in [-0.1, -0.05) is 39.0 Å². The van der Waals surface area contributed by atoms with Crippen molar-refractivity contribution < 1.29 is 9.21 Å². The number of amides is 1. The molecule has 0 spiro atoms. The first-order chi connectivity index (χ1) is 17.6. The van der Waals surface area contributed by atoms with Gasteiger partial charge >= 0.3 is 0 Å². The Labute approximate surface area is 210 Å². The van der Waals surface area contributed by atoms with Crippen molar-refractivity contribution >= 4 is 22.9 Å². The minimum Gasteiger partial charge on any atom is -0.467 e. The van der Waals surface area contributed by atoms with E-state index in [1.807, 2.05) is 19.1 Å². The lowest BCUT2D eigenvalue weighted by Crippen LogP contribution is -2.24. The van der Waals surface area contributed by atoms with Crippen LogP contribution in [0, 0.1) is 6.92 Å². The van der Waals surface area contributed by atoms with Gasteiger partial charge in [-0.2, -0.15) is 4.98 Å². The van der Waals surface area contributed by atoms with Crippen LogP contribution in [0.1, 0.15) is 67.3 Å². The second-order valence-electron chi connectivity index (χ2n) is 8.88. The Bertz CT molecular complexity index is 1340. The van der Waals surface area contributed by atoms with Gasteiger partial charge in [-0.05, 0) is 55.8 Å². The summed E-state index contributed by atoms with van der Waals surface area (Å²) < 4.78 is 6.90. The van der Waals surface area contributed by atoms with E-state index in [1.54, 1.807) is 41.2 Å². The summed E-state index contributed by atoms with van der Waals surface area (Å²) in [5.74, 6) is 1.05. The van der Waals surface area contributed by atoms with Gasteiger partial charge in [0, 0.05) is 23.6 Å². The summed E-state index contributed by atoms with van der Waals surface area (Å²) in [7, 11) is 0. The van der Waals surface area contributed by atoms with E-state index < -0.39 is 0 Å². The van der Waals surface area contributed by atoms with Gasteiger partial charge in [-0.25, -0.2) is 4.98 Å². The highest BCUT2D eigenvalue weighted by molar-refractivity contribution is 5.94. The van der Waals surface area contributed by atoms with Gasteiger partial charge in [0.15, 0.2) is 5.65 Å². The zero-order valence-corrected chi connectivity index (χ0v) is 20.9. The minimum atomic E-state index is -0.210. The standard InChI is InChI=1S/C28H33N5O3/c1-3-4-5-6-7-8-17-29-27(35)21-11-13-22(14-12-21)33-25(34)16-15-24-20(2)31-28(32-26(24)33)30-19-23-10-9-18-36-23/h9-16,18H,3-8,17,19H2,1-2H3,(H,29,35)(H,30,31,32). The molecular formula is C28H33N5O3. The van der Waals surface area contributed by atoms with Gasteiger partial charge in [0.05, 0.1) is 24.2 Å². The molecule has 1 amide bonds. The Hall–Kier alpha value is -3.94. The number of aromatic nitrogens is 3. The molecule has 2 N–H and O–H groups in total. The van der Waals surface area contributed by atoms with Gasteiger partial charge in [-0.3, -0.25) is 14.2 Å². The number of furan rings is 1. The highest BCUT2D eigenvalue weighted by Gasteiger charge is 2.13. The number of aryl methyl sites for hydroxylation is 1. The Kier molecular flexibility index (Phi) is 8.49. The molecule has 0 radical (unpaired) electrons. The lowest BCUT2D eigenvalue weighted by molar-refractivity contribution is 0.0953. The molecule has 188 valence electrons. The molecule has 0 bridgehead atoms. The maximum atomic E-state index is 12.9. The normalized spacial score (nSPS) is 11.1. The molecule has 0 saturated carbocycles. The van der Waals surface area contributed by atoms with Crippen molar-refractivity contribution in [2.24, 2.45) is 0 Å². The molecule has 0 aliphatic heterocycles. The first-order valence-electron chi connectivity index (χ1n) is 12.6. The largest absolute Gasteiger partial charge is 0.467 e. The number of rotatable bonds is 12. The summed E-state index contributed by atoms with van der Waals surface area (Å²) in [6.07, 6.45) is 8.69. The molecule has 3 aromatic heterocycles. The van der Waals surface area contributed by atoms with Crippen LogP contribution in [0.4, 0.5) is 5.95 Å². The van der Waals surface area contributed by atoms with Crippen LogP contribution in [0.3, 0.4) is 0 Å². The van der Waals surface area contributed by atoms with Crippen LogP contribution in [-0.2, 0) is 6.54 Å². The number of nitrogens with one attached hydrogen (secondary N) is 2. The van der Waals surface area contributed by atoms with E-state index in [0.717, 1.165) is 29.7 Å². The van der Waals surface area contributed by atoms with Crippen LogP contribution >= 0.6 is 0 Å². The number of fused-ring (bicyclic) bond motifs is 1. The number of anilines is 1. The fourth-order valence-corrected chi connectivity index (χ4v) is 4.14. The summed E-state index contributed by atoms with van der Waals surface area (Å²) >= 11 is 0. The van der Waals surface area contributed by atoms with Crippen molar-refractivity contribution in [3.63, 3.8) is 0 Å². The molecule has 0 saturated heterocycles. The highest BCUT2D eigenvalue weighted by atomic mass is 16.3. The number of hydrogen-bond acceptors (Lipinski definition) is 6. The third kappa shape index (κ3) is 6.19. The van der Waals surface area contributed by atoms with Gasteiger partial charge in [-0.15, -0.1) is 0 Å². The van der Waals surface area contributed by atoms with Crippen molar-refractivity contribution in [2.45, 2.75) is 58.9 Å². The topological polar surface area (TPSA) is 102 Å². The molecule has 8 nitrogen and oxygen atoms in total. The molecule has 1 aromatic carbocycles. The number of unbranched alkanes of at least 4 members (excludes halogenated alkanes) is 5. The second-order valence-corrected chi connectivity index (χ2v) is 8.88. The van der Waals surface area contributed by atoms with Crippen LogP contribution in [0.5, 0.6) is 0 Å². The van der Waals surface area contributed by atoms with Crippen LogP contribution in [0.15, 0.2) is 64.0 Å². The summed E-state index contributed by atoms with van der Waals surface area (Å²) in [4.78, 5) is 34.6. The number of carbonyl (C=O) groups is 1. The molecule has 36 heavy (non-hydrogen) atoms. The number of hydrogen-bond donors (Lipinski definition) is 2. The predicted octanol–water partition coefficient (Wildman–Crippen LogP) is 5.38. The van der Waals surface area contributed by atoms with Crippen LogP contribution in [0.25, 0.3) is 16.7 Å². The number of pyridine rings is 1. The van der Waals surface area contributed by atoms with Crippen molar-refractivity contribution in [1.82, 2.24) is 19.9 Å². The quantitative estimate of drug-likeness (QED) is 0.260. The Balaban J connectivity index is 1.49. The lowest BCUT2D eigenvalue weighted by Gasteiger charge is -2.13. The van der Waals surface area contributed by atoms with Gasteiger partial charge in [0.25, 0.3) is 11.5 Å². The zero-order chi connectivity index (χ0) is 25.3. The zero-order valence-electron chi connectivity index (χ0n) is 20.9. The minimum absolute atomic E-state index is 0.108. The van der Waals surface area contributed by atoms with Crippen molar-refractivity contribution in [2.75, 3.05) is 11.9 Å². The average molecular weight is 488 g/mol. The van der Waals surface area contributed by atoms with E-state index in [1.165, 1.54) is 31.7 Å². The summed E-state index contributed by atoms with van der Waals surface area (Å²) in [6, 6.07) is 14.0. The molecule has 3 heterocycles. The SMILES string of the molecule is CCCCCCCCNC(=O)c1ccc(-n2c(=O)ccc3c(C)nc(NCc4ccco4)nc32)cc1. The molecule has 0 aliphatic carbocycles. The number of carbonyl (C=O) groups excluding carboxylic acids is 1. The fraction of sp³-hybridized carbons (Fsp3) is 0.357. The molecule has 8 heteroatoms. The first-order valence-corrected chi connectivity index (χ1v) is 12.6. The van der Waals surface area contributed by atoms with Crippen LogP contribution < -0.4 is 16.2 Å². The van der Waals surface area contributed by atoms with E-state index in [0.29, 0.717) is 35.9 Å². The van der Waals surface area contributed by atoms with E-state index in [4.69, 9.17) is 4.42 Å². The first kappa shape index (κ1) is 25.2. The smallest absolute Gasteiger partial charge is 0.256 e. The van der Waals surface area contributed by atoms with Gasteiger partial charge in [0.1, 0.15) is 5.76 Å². The molecular weight excluding hydrogens is 454 g/mol. The number of nitrogens with zero attached hydrogens (tertiary/aromatic N) is 3. The molecule has 0 aliphatic rings. The highest BCUT2D eigenvalue weighted by Crippen LogP contribution is 2.20. The van der Waals surface area contributed by atoms with Crippen molar-refractivity contribution in [1.29, 1.82) is 0 Å². The predicted molar refractivity (Wildman–Crippen MR) is 142 cm³/mol. The lowest BCUT2D eigenvalue weighted by atomic mass is 10.1. The molecule has 0 unspecified atom stereocenters. The molecule has 0 atom stereocenters. The maximum absolute atomic E-state index is 12.9. The van der Waals surface area contributed by atoms with E-state index in [-0.39, 0.29) is 11.5 Å². The van der Waals surface area contributed by atoms with Gasteiger partial charge < -0.3 is 15.1 Å². The summed E-state index contributed by atoms with van der Waals surface area (Å²) in [5.41, 5.74) is 2.23. The summed E-state index contributed by atoms with van der Waals surface area (Å²) in [5, 5.41) is 6.92. The van der Waals surface area contributed by atoms with Crippen molar-refractivity contribution in [3.8, 4) is 5.69 Å². The van der Waals surface area contributed by atoms with E-state index >= 15 is 0 Å². The van der Waals surface area contributed by atoms with Gasteiger partial charge in [0.2, 0.25) is 5.95 Å². The molecule has 4 aromatic rings. The van der Waals surface area contributed by atoms with E-state index in [9.17, 15) is 9.59 Å². The molecule has 0 fully saturated rings. The Morgan fingerprint density at radius 1 is 0.972 bits per heavy atom. The third-order valence-electron chi connectivity index (χ3n) is 6.15. The second kappa shape index (κ2) is 12.2. The third-order valence-corrected chi connectivity index (χ3v) is 6.15. The van der Waals surface area contributed by atoms with Crippen LogP contribution in [-0.4, -0.2) is 27.0 Å². The molecule has 4 rings (SSSR count). The Morgan fingerprint density at radius 2 is 1.75 bits per heavy atom. The fourth-order valence-electron chi connectivity index (χ4n) is 4.14. The summed E-state index contributed by atoms with van der Waals surface area (Å²) in [6.45, 7) is 5.18.